The lowest BCUT2D eigenvalue weighted by molar-refractivity contribution is -0.140. The van der Waals surface area contributed by atoms with E-state index in [9.17, 15) is 13.2 Å². The first-order valence-corrected chi connectivity index (χ1v) is 7.24. The van der Waals surface area contributed by atoms with E-state index in [0.717, 1.165) is 22.5 Å². The summed E-state index contributed by atoms with van der Waals surface area (Å²) in [5.74, 6) is 1.30. The van der Waals surface area contributed by atoms with E-state index in [0.29, 0.717) is 17.5 Å². The molecule has 0 aliphatic carbocycles. The molecule has 0 fully saturated rings. The van der Waals surface area contributed by atoms with Gasteiger partial charge in [-0.15, -0.1) is 11.3 Å². The second-order valence-corrected chi connectivity index (χ2v) is 5.40. The van der Waals surface area contributed by atoms with Gasteiger partial charge < -0.3 is 14.6 Å². The molecule has 5 nitrogen and oxygen atoms in total. The molecule has 2 rings (SSSR count). The molecule has 2 aromatic heterocycles. The predicted octanol–water partition coefficient (Wildman–Crippen LogP) is 2.96. The molecular formula is C13H15F3N4OS. The Labute approximate surface area is 129 Å². The number of aliphatic imine (C=N–C) groups is 1. The highest BCUT2D eigenvalue weighted by molar-refractivity contribution is 7.09. The molecule has 120 valence electrons. The normalized spacial score (nSPS) is 12.5. The molecule has 0 amide bonds. The van der Waals surface area contributed by atoms with E-state index in [1.807, 2.05) is 6.07 Å². The van der Waals surface area contributed by atoms with Gasteiger partial charge in [-0.1, -0.05) is 0 Å². The zero-order chi connectivity index (χ0) is 16.2. The molecule has 0 bridgehead atoms. The topological polar surface area (TPSA) is 53.7 Å². The lowest BCUT2D eigenvalue weighted by Gasteiger charge is -2.20. The standard InChI is InChI=1S/C13H15F3N4OS/c1-17-12(20(2)7-9-4-3-5-21-9)18-6-11-19-10(8-22-11)13(14,15)16/h3-5,8H,6-7H2,1-2H3,(H,17,18). The highest BCUT2D eigenvalue weighted by Gasteiger charge is 2.33. The fraction of sp³-hybridized carbons (Fsp3) is 0.385. The van der Waals surface area contributed by atoms with Crippen LogP contribution in [-0.4, -0.2) is 29.9 Å². The van der Waals surface area contributed by atoms with Gasteiger partial charge in [0.15, 0.2) is 11.7 Å². The highest BCUT2D eigenvalue weighted by atomic mass is 32.1. The average Bonchev–Trinajstić information content (AvgIpc) is 3.09. The van der Waals surface area contributed by atoms with Crippen LogP contribution in [0, 0.1) is 0 Å². The van der Waals surface area contributed by atoms with Crippen molar-refractivity contribution in [2.24, 2.45) is 4.99 Å². The summed E-state index contributed by atoms with van der Waals surface area (Å²) >= 11 is 0.960. The van der Waals surface area contributed by atoms with E-state index in [1.54, 1.807) is 31.3 Å². The smallest absolute Gasteiger partial charge is 0.434 e. The van der Waals surface area contributed by atoms with E-state index in [4.69, 9.17) is 4.42 Å². The minimum absolute atomic E-state index is 0.177. The first kappa shape index (κ1) is 16.3. The van der Waals surface area contributed by atoms with Crippen LogP contribution in [0.3, 0.4) is 0 Å². The maximum Gasteiger partial charge on any atom is 0.434 e. The van der Waals surface area contributed by atoms with Crippen molar-refractivity contribution in [3.05, 3.63) is 40.2 Å². The minimum Gasteiger partial charge on any atom is -0.467 e. The van der Waals surface area contributed by atoms with Gasteiger partial charge >= 0.3 is 6.18 Å². The Kier molecular flexibility index (Phi) is 5.07. The van der Waals surface area contributed by atoms with Crippen LogP contribution < -0.4 is 5.32 Å². The van der Waals surface area contributed by atoms with Gasteiger partial charge in [0.2, 0.25) is 0 Å². The molecule has 2 heterocycles. The highest BCUT2D eigenvalue weighted by Crippen LogP contribution is 2.29. The zero-order valence-electron chi connectivity index (χ0n) is 12.0. The number of nitrogens with zero attached hydrogens (tertiary/aromatic N) is 3. The van der Waals surface area contributed by atoms with Crippen LogP contribution in [0.4, 0.5) is 13.2 Å². The first-order valence-electron chi connectivity index (χ1n) is 6.36. The van der Waals surface area contributed by atoms with Crippen molar-refractivity contribution in [3.8, 4) is 0 Å². The number of furan rings is 1. The summed E-state index contributed by atoms with van der Waals surface area (Å²) in [4.78, 5) is 9.45. The van der Waals surface area contributed by atoms with Gasteiger partial charge in [0.1, 0.15) is 10.8 Å². The SMILES string of the molecule is CN=C(NCc1nc(C(F)(F)F)cs1)N(C)Cc1ccco1. The fourth-order valence-electron chi connectivity index (χ4n) is 1.77. The number of thiazole rings is 1. The first-order chi connectivity index (χ1) is 10.4. The molecule has 22 heavy (non-hydrogen) atoms. The van der Waals surface area contributed by atoms with E-state index in [-0.39, 0.29) is 6.54 Å². The largest absolute Gasteiger partial charge is 0.467 e. The van der Waals surface area contributed by atoms with Gasteiger partial charge in [-0.25, -0.2) is 4.98 Å². The Hall–Kier alpha value is -2.03. The number of alkyl halides is 3. The fourth-order valence-corrected chi connectivity index (χ4v) is 2.51. The van der Waals surface area contributed by atoms with Crippen LogP contribution in [0.2, 0.25) is 0 Å². The molecule has 0 saturated heterocycles. The van der Waals surface area contributed by atoms with Crippen LogP contribution in [0.1, 0.15) is 16.5 Å². The Morgan fingerprint density at radius 3 is 2.82 bits per heavy atom. The van der Waals surface area contributed by atoms with Crippen molar-refractivity contribution in [2.75, 3.05) is 14.1 Å². The van der Waals surface area contributed by atoms with E-state index in [1.165, 1.54) is 0 Å². The Bertz CT molecular complexity index is 622. The Morgan fingerprint density at radius 1 is 1.50 bits per heavy atom. The number of rotatable bonds is 4. The van der Waals surface area contributed by atoms with Crippen molar-refractivity contribution >= 4 is 17.3 Å². The summed E-state index contributed by atoms with van der Waals surface area (Å²) in [5.41, 5.74) is -0.867. The summed E-state index contributed by atoms with van der Waals surface area (Å²) in [5, 5.41) is 4.33. The molecule has 2 aromatic rings. The predicted molar refractivity (Wildman–Crippen MR) is 77.5 cm³/mol. The second-order valence-electron chi connectivity index (χ2n) is 4.46. The molecule has 0 saturated carbocycles. The van der Waals surface area contributed by atoms with Crippen molar-refractivity contribution in [3.63, 3.8) is 0 Å². The maximum atomic E-state index is 12.5. The molecule has 0 radical (unpaired) electrons. The number of hydrogen-bond donors (Lipinski definition) is 1. The van der Waals surface area contributed by atoms with Crippen molar-refractivity contribution in [2.45, 2.75) is 19.3 Å². The number of aromatic nitrogens is 1. The van der Waals surface area contributed by atoms with Gasteiger partial charge in [-0.05, 0) is 12.1 Å². The maximum absolute atomic E-state index is 12.5. The number of hydrogen-bond acceptors (Lipinski definition) is 4. The van der Waals surface area contributed by atoms with Crippen LogP contribution in [0.15, 0.2) is 33.2 Å². The van der Waals surface area contributed by atoms with Crippen molar-refractivity contribution in [1.29, 1.82) is 0 Å². The quantitative estimate of drug-likeness (QED) is 0.691. The molecule has 0 aliphatic rings. The number of guanidine groups is 1. The lowest BCUT2D eigenvalue weighted by atomic mass is 10.4. The van der Waals surface area contributed by atoms with Gasteiger partial charge in [0.05, 0.1) is 19.4 Å². The summed E-state index contributed by atoms with van der Waals surface area (Å²) in [7, 11) is 3.41. The molecular weight excluding hydrogens is 317 g/mol. The third kappa shape index (κ3) is 4.23. The second kappa shape index (κ2) is 6.82. The molecule has 1 N–H and O–H groups in total. The molecule has 0 spiro atoms. The Balaban J connectivity index is 1.92. The van der Waals surface area contributed by atoms with Crippen LogP contribution in [-0.2, 0) is 19.3 Å². The number of halogens is 3. The summed E-state index contributed by atoms with van der Waals surface area (Å²) < 4.78 is 42.7. The molecule has 0 aliphatic heterocycles. The van der Waals surface area contributed by atoms with Crippen LogP contribution >= 0.6 is 11.3 Å². The molecule has 9 heteroatoms. The Morgan fingerprint density at radius 2 is 2.27 bits per heavy atom. The van der Waals surface area contributed by atoms with Crippen molar-refractivity contribution in [1.82, 2.24) is 15.2 Å². The van der Waals surface area contributed by atoms with E-state index < -0.39 is 11.9 Å². The van der Waals surface area contributed by atoms with E-state index >= 15 is 0 Å². The molecule has 0 atom stereocenters. The lowest BCUT2D eigenvalue weighted by Crippen LogP contribution is -2.37. The number of nitrogens with one attached hydrogen (secondary N) is 1. The van der Waals surface area contributed by atoms with Gasteiger partial charge in [-0.3, -0.25) is 4.99 Å². The van der Waals surface area contributed by atoms with Crippen LogP contribution in [0.25, 0.3) is 0 Å². The third-order valence-corrected chi connectivity index (χ3v) is 3.64. The van der Waals surface area contributed by atoms with Gasteiger partial charge in [-0.2, -0.15) is 13.2 Å². The molecule has 0 unspecified atom stereocenters. The summed E-state index contributed by atoms with van der Waals surface area (Å²) in [6, 6.07) is 3.62. The van der Waals surface area contributed by atoms with E-state index in [2.05, 4.69) is 15.3 Å². The van der Waals surface area contributed by atoms with Crippen LogP contribution in [0.5, 0.6) is 0 Å². The summed E-state index contributed by atoms with van der Waals surface area (Å²) in [6.45, 7) is 0.675. The third-order valence-electron chi connectivity index (χ3n) is 2.79. The summed E-state index contributed by atoms with van der Waals surface area (Å²) in [6.07, 6.45) is -2.83. The monoisotopic (exact) mass is 332 g/mol. The average molecular weight is 332 g/mol. The van der Waals surface area contributed by atoms with Gasteiger partial charge in [0.25, 0.3) is 0 Å². The minimum atomic E-state index is -4.41. The zero-order valence-corrected chi connectivity index (χ0v) is 12.8. The molecule has 0 aromatic carbocycles. The van der Waals surface area contributed by atoms with Crippen molar-refractivity contribution < 1.29 is 17.6 Å². The van der Waals surface area contributed by atoms with Gasteiger partial charge in [0, 0.05) is 19.5 Å².